The Bertz CT molecular complexity index is 2630. The molecule has 0 bridgehead atoms. The van der Waals surface area contributed by atoms with E-state index in [1.165, 1.54) is 18.2 Å². The smallest absolute Gasteiger partial charge is 0.344 e. The minimum absolute atomic E-state index is 0.00529. The van der Waals surface area contributed by atoms with E-state index < -0.39 is 29.8 Å². The van der Waals surface area contributed by atoms with Crippen LogP contribution in [0.15, 0.2) is 146 Å². The number of rotatable bonds is 32. The van der Waals surface area contributed by atoms with Crippen molar-refractivity contribution < 1.29 is 66.7 Å². The average molecular weight is 1010 g/mol. The van der Waals surface area contributed by atoms with Gasteiger partial charge in [0.1, 0.15) is 34.4 Å². The van der Waals surface area contributed by atoms with Crippen LogP contribution in [0.5, 0.6) is 28.7 Å². The normalized spacial score (nSPS) is 10.9. The fourth-order valence-electron chi connectivity index (χ4n) is 6.80. The maximum atomic E-state index is 13.6. The zero-order chi connectivity index (χ0) is 52.9. The van der Waals surface area contributed by atoms with Gasteiger partial charge in [0.2, 0.25) is 5.69 Å². The van der Waals surface area contributed by atoms with Crippen LogP contribution in [0.1, 0.15) is 95.3 Å². The van der Waals surface area contributed by atoms with E-state index in [4.69, 9.17) is 37.9 Å². The van der Waals surface area contributed by atoms with Crippen molar-refractivity contribution in [1.82, 2.24) is 0 Å². The summed E-state index contributed by atoms with van der Waals surface area (Å²) < 4.78 is 44.3. The number of unbranched alkanes of at least 4 members (excludes halogenated alkanes) is 7. The van der Waals surface area contributed by atoms with E-state index in [9.17, 15) is 29.2 Å². The molecule has 17 nitrogen and oxygen atoms in total. The molecule has 0 saturated carbocycles. The summed E-state index contributed by atoms with van der Waals surface area (Å²) in [6.45, 7) is 8.71. The van der Waals surface area contributed by atoms with Gasteiger partial charge in [-0.2, -0.15) is 0 Å². The first-order valence-electron chi connectivity index (χ1n) is 24.4. The molecule has 0 radical (unpaired) electrons. The van der Waals surface area contributed by atoms with Gasteiger partial charge in [0.05, 0.1) is 56.3 Å². The number of carbonyl (C=O) groups is 5. The van der Waals surface area contributed by atoms with Crippen LogP contribution < -0.4 is 28.6 Å². The number of azo groups is 1. The molecule has 0 amide bonds. The number of esters is 5. The van der Waals surface area contributed by atoms with Crippen LogP contribution in [0.25, 0.3) is 0 Å². The Labute approximate surface area is 431 Å². The molecular weight excluding hydrogens is 951 g/mol. The van der Waals surface area contributed by atoms with Crippen LogP contribution in [0, 0.1) is 5.21 Å². The Morgan fingerprint density at radius 3 is 1.38 bits per heavy atom. The highest BCUT2D eigenvalue weighted by atomic mass is 16.6. The summed E-state index contributed by atoms with van der Waals surface area (Å²) >= 11 is 0. The summed E-state index contributed by atoms with van der Waals surface area (Å²) in [6.07, 6.45) is 9.45. The van der Waals surface area contributed by atoms with Gasteiger partial charge in [0.15, 0.2) is 0 Å². The molecule has 17 heteroatoms. The highest BCUT2D eigenvalue weighted by Gasteiger charge is 2.23. The van der Waals surface area contributed by atoms with Crippen molar-refractivity contribution in [3.05, 3.63) is 162 Å². The molecule has 0 saturated heterocycles. The number of hydrogen-bond acceptors (Lipinski definition) is 16. The predicted molar refractivity (Wildman–Crippen MR) is 277 cm³/mol. The molecular formula is C57H63N3O14. The summed E-state index contributed by atoms with van der Waals surface area (Å²) in [5, 5.41) is 16.7. The summed E-state index contributed by atoms with van der Waals surface area (Å²) in [6, 6.07) is 30.8. The van der Waals surface area contributed by atoms with E-state index in [0.717, 1.165) is 62.8 Å². The highest BCUT2D eigenvalue weighted by molar-refractivity contribution is 6.06. The molecule has 0 fully saturated rings. The lowest BCUT2D eigenvalue weighted by Crippen LogP contribution is -2.18. The van der Waals surface area contributed by atoms with Crippen molar-refractivity contribution in [3.8, 4) is 28.7 Å². The number of anilines is 1. The standard InChI is InChI=1S/C57H63N3O14/c1-5-53(61)70-38-15-9-13-36-68-47-26-30-49(31-27-47)73-55(63)42-17-34-51(57(65)74-50-32-28-48(29-33-50)69-37-14-10-16-39-71-54(62)6-2)52(41-42)56(64)72-40-12-8-7-11-35-67-46-24-18-43(19-25-46)58-60(66)45-22-20-44(21-23-45)59(3)4/h5-6,17-34,41H,1-2,7-16,35-40H2,3-4H3. The zero-order valence-electron chi connectivity index (χ0n) is 41.9. The van der Waals surface area contributed by atoms with Gasteiger partial charge in [0, 0.05) is 49.2 Å². The first kappa shape index (κ1) is 56.4. The van der Waals surface area contributed by atoms with Crippen LogP contribution in [-0.2, 0) is 23.8 Å². The molecule has 0 spiro atoms. The lowest BCUT2D eigenvalue weighted by Gasteiger charge is -2.12. The van der Waals surface area contributed by atoms with Crippen molar-refractivity contribution in [2.75, 3.05) is 58.6 Å². The molecule has 0 aliphatic heterocycles. The second kappa shape index (κ2) is 31.1. The van der Waals surface area contributed by atoms with Crippen molar-refractivity contribution >= 4 is 46.9 Å². The molecule has 0 aromatic heterocycles. The molecule has 5 aromatic carbocycles. The monoisotopic (exact) mass is 1010 g/mol. The fraction of sp³-hybridized carbons (Fsp3) is 0.316. The van der Waals surface area contributed by atoms with Gasteiger partial charge in [-0.05, 0) is 167 Å². The molecule has 0 atom stereocenters. The van der Waals surface area contributed by atoms with Crippen LogP contribution in [0.3, 0.4) is 0 Å². The maximum Gasteiger partial charge on any atom is 0.344 e. The summed E-state index contributed by atoms with van der Waals surface area (Å²) in [5.41, 5.74) is 1.57. The van der Waals surface area contributed by atoms with Crippen molar-refractivity contribution in [2.45, 2.75) is 64.2 Å². The maximum absolute atomic E-state index is 13.6. The SMILES string of the molecule is C=CC(=O)OCCCCCOc1ccc(OC(=O)c2ccc(C(=O)Oc3ccc(OCCCCCOC(=O)C=C)cc3)c(C(=O)OCCCCCCOc3ccc(N=[N+]([O-])c4ccc(N(C)C)cc4)cc3)c2)cc1. The summed E-state index contributed by atoms with van der Waals surface area (Å²) in [5.74, 6) is -1.19. The third-order valence-corrected chi connectivity index (χ3v) is 10.9. The second-order valence-electron chi connectivity index (χ2n) is 16.7. The van der Waals surface area contributed by atoms with Crippen LogP contribution in [-0.4, -0.2) is 88.4 Å². The van der Waals surface area contributed by atoms with E-state index in [2.05, 4.69) is 18.3 Å². The fourth-order valence-corrected chi connectivity index (χ4v) is 6.80. The predicted octanol–water partition coefficient (Wildman–Crippen LogP) is 11.5. The Balaban J connectivity index is 1.11. The topological polar surface area (TPSA) is 201 Å². The molecule has 5 aromatic rings. The van der Waals surface area contributed by atoms with Gasteiger partial charge in [-0.3, -0.25) is 0 Å². The van der Waals surface area contributed by atoms with Gasteiger partial charge in [-0.1, -0.05) is 18.0 Å². The van der Waals surface area contributed by atoms with Crippen LogP contribution >= 0.6 is 0 Å². The van der Waals surface area contributed by atoms with E-state index in [-0.39, 0.29) is 34.8 Å². The first-order chi connectivity index (χ1) is 35.9. The molecule has 0 aliphatic carbocycles. The number of hydrogen-bond donors (Lipinski definition) is 0. The third-order valence-electron chi connectivity index (χ3n) is 10.9. The van der Waals surface area contributed by atoms with Crippen LogP contribution in [0.2, 0.25) is 0 Å². The molecule has 0 heterocycles. The number of benzene rings is 5. The Kier molecular flexibility index (Phi) is 23.7. The third kappa shape index (κ3) is 20.0. The Morgan fingerprint density at radius 2 is 0.905 bits per heavy atom. The molecule has 0 aliphatic rings. The highest BCUT2D eigenvalue weighted by Crippen LogP contribution is 2.26. The lowest BCUT2D eigenvalue weighted by atomic mass is 10.0. The quantitative estimate of drug-likeness (QED) is 0.00575. The Hall–Kier alpha value is -8.47. The van der Waals surface area contributed by atoms with Crippen molar-refractivity contribution in [1.29, 1.82) is 0 Å². The minimum atomic E-state index is -0.850. The largest absolute Gasteiger partial charge is 0.594 e. The molecule has 0 N–H and O–H groups in total. The number of carbonyl (C=O) groups excluding carboxylic acids is 5. The van der Waals surface area contributed by atoms with E-state index >= 15 is 0 Å². The first-order valence-corrected chi connectivity index (χ1v) is 24.4. The Morgan fingerprint density at radius 1 is 0.486 bits per heavy atom. The number of ether oxygens (including phenoxy) is 8. The van der Waals surface area contributed by atoms with Gasteiger partial charge >= 0.3 is 29.8 Å². The molecule has 390 valence electrons. The van der Waals surface area contributed by atoms with Crippen molar-refractivity contribution in [3.63, 3.8) is 0 Å². The van der Waals surface area contributed by atoms with Gasteiger partial charge in [-0.25, -0.2) is 24.0 Å². The second-order valence-corrected chi connectivity index (χ2v) is 16.7. The van der Waals surface area contributed by atoms with Crippen molar-refractivity contribution in [2.24, 2.45) is 5.11 Å². The van der Waals surface area contributed by atoms with Gasteiger partial charge in [-0.15, -0.1) is 0 Å². The zero-order valence-corrected chi connectivity index (χ0v) is 41.9. The molecule has 5 rings (SSSR count). The van der Waals surface area contributed by atoms with E-state index in [1.807, 2.05) is 31.1 Å². The lowest BCUT2D eigenvalue weighted by molar-refractivity contribution is -0.435. The van der Waals surface area contributed by atoms with Gasteiger partial charge < -0.3 is 48.0 Å². The van der Waals surface area contributed by atoms with Crippen LogP contribution in [0.4, 0.5) is 17.1 Å². The molecule has 74 heavy (non-hydrogen) atoms. The molecule has 0 unspecified atom stereocenters. The number of nitrogens with zero attached hydrogens (tertiary/aromatic N) is 3. The average Bonchev–Trinajstić information content (AvgIpc) is 3.41. The minimum Gasteiger partial charge on any atom is -0.594 e. The van der Waals surface area contributed by atoms with Gasteiger partial charge in [0.25, 0.3) is 0 Å². The summed E-state index contributed by atoms with van der Waals surface area (Å²) in [4.78, 5) is 65.5. The van der Waals surface area contributed by atoms with E-state index in [1.54, 1.807) is 84.9 Å². The summed E-state index contributed by atoms with van der Waals surface area (Å²) in [7, 11) is 3.85. The van der Waals surface area contributed by atoms with E-state index in [0.29, 0.717) is 85.8 Å².